The molecule has 5 rings (SSSR count). The molecule has 0 radical (unpaired) electrons. The molecule has 2 aromatic carbocycles. The first-order chi connectivity index (χ1) is 22.9. The molecule has 1 heterocycles. The fourth-order valence-electron chi connectivity index (χ4n) is 7.05. The highest BCUT2D eigenvalue weighted by molar-refractivity contribution is 5.93. The second kappa shape index (κ2) is 14.8. The zero-order chi connectivity index (χ0) is 34.5. The lowest BCUT2D eigenvalue weighted by molar-refractivity contribution is -0.117. The molecular formula is C39H50N4O5. The Morgan fingerprint density at radius 2 is 1.62 bits per heavy atom. The van der Waals surface area contributed by atoms with Crippen LogP contribution in [0.1, 0.15) is 91.5 Å². The Labute approximate surface area is 284 Å². The minimum Gasteiger partial charge on any atom is -0.453 e. The van der Waals surface area contributed by atoms with Crippen LogP contribution >= 0.6 is 0 Å². The fraction of sp³-hybridized carbons (Fsp3) is 0.487. The first-order valence-corrected chi connectivity index (χ1v) is 17.2. The van der Waals surface area contributed by atoms with Crippen LogP contribution in [0.2, 0.25) is 0 Å². The molecule has 9 heteroatoms. The Balaban J connectivity index is 1.28. The Kier molecular flexibility index (Phi) is 10.8. The van der Waals surface area contributed by atoms with E-state index in [1.165, 1.54) is 7.11 Å². The number of amides is 3. The summed E-state index contributed by atoms with van der Waals surface area (Å²) >= 11 is 0. The highest BCUT2D eigenvalue weighted by atomic mass is 16.6. The van der Waals surface area contributed by atoms with Crippen LogP contribution in [0.4, 0.5) is 15.3 Å². The molecule has 1 aromatic heterocycles. The molecule has 2 aliphatic carbocycles. The van der Waals surface area contributed by atoms with E-state index in [-0.39, 0.29) is 30.0 Å². The number of benzene rings is 2. The Bertz CT molecular complexity index is 1570. The first kappa shape index (κ1) is 34.9. The number of nitrogens with zero attached hydrogens (tertiary/aromatic N) is 2. The summed E-state index contributed by atoms with van der Waals surface area (Å²) in [4.78, 5) is 44.9. The van der Waals surface area contributed by atoms with Crippen LogP contribution in [0.3, 0.4) is 0 Å². The highest BCUT2D eigenvalue weighted by Gasteiger charge is 2.41. The predicted octanol–water partition coefficient (Wildman–Crippen LogP) is 8.68. The van der Waals surface area contributed by atoms with Gasteiger partial charge in [0.05, 0.1) is 30.2 Å². The molecule has 0 saturated heterocycles. The Morgan fingerprint density at radius 1 is 0.958 bits per heavy atom. The maximum Gasteiger partial charge on any atom is 0.409 e. The molecule has 2 saturated carbocycles. The molecule has 0 spiro atoms. The first-order valence-electron chi connectivity index (χ1n) is 17.2. The zero-order valence-corrected chi connectivity index (χ0v) is 29.2. The summed E-state index contributed by atoms with van der Waals surface area (Å²) in [5.41, 5.74) is 4.38. The number of pyridine rings is 1. The lowest BCUT2D eigenvalue weighted by Crippen LogP contribution is -2.52. The zero-order valence-electron chi connectivity index (χ0n) is 29.2. The van der Waals surface area contributed by atoms with Crippen molar-refractivity contribution in [2.45, 2.75) is 109 Å². The third-order valence-corrected chi connectivity index (χ3v) is 9.54. The lowest BCUT2D eigenvalue weighted by Gasteiger charge is -2.43. The summed E-state index contributed by atoms with van der Waals surface area (Å²) < 4.78 is 10.6. The number of hydrogen-bond acceptors (Lipinski definition) is 6. The minimum absolute atomic E-state index is 0.0340. The predicted molar refractivity (Wildman–Crippen MR) is 188 cm³/mol. The van der Waals surface area contributed by atoms with E-state index >= 15 is 0 Å². The van der Waals surface area contributed by atoms with Crippen molar-refractivity contribution >= 4 is 23.8 Å². The number of methoxy groups -OCH3 is 1. The second-order valence-corrected chi connectivity index (χ2v) is 14.5. The number of nitrogens with one attached hydrogen (secondary N) is 2. The smallest absolute Gasteiger partial charge is 0.409 e. The van der Waals surface area contributed by atoms with Crippen molar-refractivity contribution in [1.29, 1.82) is 0 Å². The summed E-state index contributed by atoms with van der Waals surface area (Å²) in [6.07, 6.45) is 7.70. The van der Waals surface area contributed by atoms with Gasteiger partial charge in [0, 0.05) is 29.6 Å². The van der Waals surface area contributed by atoms with Crippen LogP contribution < -0.4 is 10.6 Å². The van der Waals surface area contributed by atoms with E-state index in [0.29, 0.717) is 12.1 Å². The molecule has 9 nitrogen and oxygen atoms in total. The summed E-state index contributed by atoms with van der Waals surface area (Å²) in [7, 11) is 1.42. The van der Waals surface area contributed by atoms with Crippen LogP contribution in [-0.2, 0) is 19.8 Å². The third-order valence-electron chi connectivity index (χ3n) is 9.54. The molecular weight excluding hydrogens is 604 g/mol. The van der Waals surface area contributed by atoms with Gasteiger partial charge in [-0.3, -0.25) is 9.78 Å². The average Bonchev–Trinajstić information content (AvgIpc) is 3.03. The van der Waals surface area contributed by atoms with E-state index in [9.17, 15) is 14.4 Å². The van der Waals surface area contributed by atoms with Crippen LogP contribution in [0, 0.1) is 5.92 Å². The molecule has 256 valence electrons. The average molecular weight is 655 g/mol. The van der Waals surface area contributed by atoms with Crippen LogP contribution in [-0.4, -0.2) is 52.8 Å². The number of carbonyl (C=O) groups is 3. The molecule has 3 aromatic rings. The molecule has 2 aliphatic rings. The van der Waals surface area contributed by atoms with Crippen LogP contribution in [0.5, 0.6) is 0 Å². The standard InChI is InChI=1S/C39H50N4O5/c1-26(2)43(37(46)47-6)32-19-13-27(14-20-32)23-34(44)41-31-24-33(28-11-8-7-9-12-28)35(40-25-31)29-15-17-30(18-16-29)39(21-10-22-39)42-36(45)48-38(3,4)5/h7-9,11-12,15-18,24-27,32H,10,13-14,19-23H2,1-6H3,(H,41,44)(H,42,45). The summed E-state index contributed by atoms with van der Waals surface area (Å²) in [6, 6.07) is 20.5. The van der Waals surface area contributed by atoms with Crippen LogP contribution in [0.25, 0.3) is 22.4 Å². The molecule has 2 N–H and O–H groups in total. The van der Waals surface area contributed by atoms with Gasteiger partial charge in [-0.2, -0.15) is 0 Å². The molecule has 2 fully saturated rings. The van der Waals surface area contributed by atoms with Gasteiger partial charge in [-0.05, 0) is 103 Å². The van der Waals surface area contributed by atoms with Gasteiger partial charge in [0.25, 0.3) is 0 Å². The fourth-order valence-corrected chi connectivity index (χ4v) is 7.05. The van der Waals surface area contributed by atoms with Gasteiger partial charge >= 0.3 is 12.2 Å². The lowest BCUT2D eigenvalue weighted by atomic mass is 9.71. The van der Waals surface area contributed by atoms with Crippen molar-refractivity contribution in [3.8, 4) is 22.4 Å². The number of hydrogen-bond donors (Lipinski definition) is 2. The van der Waals surface area contributed by atoms with Gasteiger partial charge in [0.1, 0.15) is 5.60 Å². The van der Waals surface area contributed by atoms with E-state index in [1.54, 1.807) is 6.20 Å². The summed E-state index contributed by atoms with van der Waals surface area (Å²) in [5, 5.41) is 6.23. The number of carbonyl (C=O) groups excluding carboxylic acids is 3. The molecule has 0 unspecified atom stereocenters. The maximum absolute atomic E-state index is 13.2. The van der Waals surface area contributed by atoms with Gasteiger partial charge in [-0.15, -0.1) is 0 Å². The van der Waals surface area contributed by atoms with Crippen LogP contribution in [0.15, 0.2) is 66.9 Å². The number of anilines is 1. The van der Waals surface area contributed by atoms with E-state index in [4.69, 9.17) is 14.5 Å². The van der Waals surface area contributed by atoms with Crippen molar-refractivity contribution in [2.75, 3.05) is 12.4 Å². The number of ether oxygens (including phenoxy) is 2. The minimum atomic E-state index is -0.563. The number of alkyl carbamates (subject to hydrolysis) is 1. The molecule has 0 bridgehead atoms. The van der Waals surface area contributed by atoms with Crippen molar-refractivity contribution in [3.05, 3.63) is 72.4 Å². The topological polar surface area (TPSA) is 110 Å². The maximum atomic E-state index is 13.2. The number of aromatic nitrogens is 1. The second-order valence-electron chi connectivity index (χ2n) is 14.5. The largest absolute Gasteiger partial charge is 0.453 e. The van der Waals surface area contributed by atoms with Gasteiger partial charge < -0.3 is 25.0 Å². The molecule has 3 amide bonds. The van der Waals surface area contributed by atoms with E-state index in [0.717, 1.165) is 72.9 Å². The SMILES string of the molecule is COC(=O)N(C(C)C)C1CCC(CC(=O)Nc2cnc(-c3ccc(C4(NC(=O)OC(C)(C)C)CCC4)cc3)c(-c3ccccc3)c2)CC1. The molecule has 48 heavy (non-hydrogen) atoms. The highest BCUT2D eigenvalue weighted by Crippen LogP contribution is 2.42. The van der Waals surface area contributed by atoms with Crippen molar-refractivity contribution in [2.24, 2.45) is 5.92 Å². The van der Waals surface area contributed by atoms with Gasteiger partial charge in [0.2, 0.25) is 5.91 Å². The van der Waals surface area contributed by atoms with E-state index in [2.05, 4.69) is 34.9 Å². The van der Waals surface area contributed by atoms with E-state index in [1.807, 2.05) is 75.9 Å². The normalized spacial score (nSPS) is 18.7. The van der Waals surface area contributed by atoms with Gasteiger partial charge in [-0.25, -0.2) is 9.59 Å². The summed E-state index contributed by atoms with van der Waals surface area (Å²) in [6.45, 7) is 9.61. The van der Waals surface area contributed by atoms with Gasteiger partial charge in [0.15, 0.2) is 0 Å². The third kappa shape index (κ3) is 8.35. The number of rotatable bonds is 9. The van der Waals surface area contributed by atoms with Crippen molar-refractivity contribution in [1.82, 2.24) is 15.2 Å². The monoisotopic (exact) mass is 654 g/mol. The summed E-state index contributed by atoms with van der Waals surface area (Å²) in [5.74, 6) is 0.226. The molecule has 0 atom stereocenters. The quantitative estimate of drug-likeness (QED) is 0.239. The Hall–Kier alpha value is -4.40. The van der Waals surface area contributed by atoms with Crippen molar-refractivity contribution < 1.29 is 23.9 Å². The van der Waals surface area contributed by atoms with Crippen molar-refractivity contribution in [3.63, 3.8) is 0 Å². The Morgan fingerprint density at radius 3 is 2.19 bits per heavy atom. The van der Waals surface area contributed by atoms with E-state index < -0.39 is 17.2 Å². The van der Waals surface area contributed by atoms with Gasteiger partial charge in [-0.1, -0.05) is 54.6 Å². The molecule has 0 aliphatic heterocycles.